The third-order valence-electron chi connectivity index (χ3n) is 6.38. The number of nitro benzene ring substituents is 1. The van der Waals surface area contributed by atoms with E-state index in [0.717, 1.165) is 0 Å². The zero-order chi connectivity index (χ0) is 31.8. The number of benzene rings is 2. The van der Waals surface area contributed by atoms with Crippen LogP contribution in [-0.2, 0) is 9.53 Å². The van der Waals surface area contributed by atoms with E-state index in [1.54, 1.807) is 50.2 Å². The van der Waals surface area contributed by atoms with Crippen molar-refractivity contribution in [2.24, 2.45) is 5.10 Å². The second-order valence-corrected chi connectivity index (χ2v) is 9.26. The Morgan fingerprint density at radius 1 is 1.18 bits per heavy atom. The molecular weight excluding hydrogens is 578 g/mol. The summed E-state index contributed by atoms with van der Waals surface area (Å²) in [7, 11) is 2.67. The van der Waals surface area contributed by atoms with E-state index in [1.165, 1.54) is 32.6 Å². The van der Waals surface area contributed by atoms with Gasteiger partial charge in [0.15, 0.2) is 17.7 Å². The van der Waals surface area contributed by atoms with E-state index in [-0.39, 0.29) is 35.0 Å². The van der Waals surface area contributed by atoms with Crippen LogP contribution in [0.2, 0.25) is 0 Å². The summed E-state index contributed by atoms with van der Waals surface area (Å²) in [6, 6.07) is 11.2. The molecule has 0 fully saturated rings. The summed E-state index contributed by atoms with van der Waals surface area (Å²) in [6.07, 6.45) is 0.0576. The Morgan fingerprint density at radius 2 is 1.98 bits per heavy atom. The molecule has 15 nitrogen and oxygen atoms in total. The molecule has 0 bridgehead atoms. The second-order valence-electron chi connectivity index (χ2n) is 9.26. The number of aliphatic hydroxyl groups excluding tert-OH is 1. The Bertz CT molecular complexity index is 1600. The first-order valence-electron chi connectivity index (χ1n) is 13.3. The van der Waals surface area contributed by atoms with E-state index in [9.17, 15) is 24.8 Å². The molecule has 4 N–H and O–H groups in total. The summed E-state index contributed by atoms with van der Waals surface area (Å²) in [6.45, 7) is 3.46. The van der Waals surface area contributed by atoms with Crippen molar-refractivity contribution in [2.45, 2.75) is 26.1 Å². The lowest BCUT2D eigenvalue weighted by molar-refractivity contribution is -0.384. The van der Waals surface area contributed by atoms with Crippen LogP contribution in [-0.4, -0.2) is 61.9 Å². The van der Waals surface area contributed by atoms with Gasteiger partial charge in [0, 0.05) is 5.70 Å². The highest BCUT2D eigenvalue weighted by Crippen LogP contribution is 2.36. The van der Waals surface area contributed by atoms with Gasteiger partial charge in [-0.15, -0.1) is 0 Å². The molecule has 1 aromatic heterocycles. The Kier molecular flexibility index (Phi) is 10.0. The number of nitro groups is 1. The SMILES string of the molecule is CCOc1cc([C@H]2NC(=O)NC(C)=C2C(=O)OC)ccc1OC[C@H](O)N/N=C/c1ccc(-c2ccc(OC)cc2[N+](=O)[O-])o1. The highest BCUT2D eigenvalue weighted by molar-refractivity contribution is 5.95. The standard InChI is InChI=1S/C29H31N5O10/c1-5-42-24-12-17(27-26(28(36)41-4)16(2)31-29(37)32-27)6-10-23(24)43-15-25(35)33-30-14-19-8-11-22(44-19)20-9-7-18(40-3)13-21(20)34(38)39/h6-14,25,27,33,35H,5,15H2,1-4H3,(H2,31,32,37)/b30-14+/t25-,27+/m0/s1. The molecule has 4 rings (SSSR count). The number of esters is 1. The van der Waals surface area contributed by atoms with Crippen molar-refractivity contribution >= 4 is 23.9 Å². The van der Waals surface area contributed by atoms with Gasteiger partial charge in [-0.2, -0.15) is 5.10 Å². The Balaban J connectivity index is 1.40. The van der Waals surface area contributed by atoms with Crippen LogP contribution in [0, 0.1) is 10.1 Å². The lowest BCUT2D eigenvalue weighted by Crippen LogP contribution is -2.45. The van der Waals surface area contributed by atoms with Gasteiger partial charge in [0.25, 0.3) is 5.69 Å². The van der Waals surface area contributed by atoms with Crippen molar-refractivity contribution in [3.05, 3.63) is 81.2 Å². The summed E-state index contributed by atoms with van der Waals surface area (Å²) in [5, 5.41) is 31.1. The lowest BCUT2D eigenvalue weighted by atomic mass is 9.95. The van der Waals surface area contributed by atoms with Crippen molar-refractivity contribution in [1.82, 2.24) is 16.1 Å². The smallest absolute Gasteiger partial charge is 0.337 e. The summed E-state index contributed by atoms with van der Waals surface area (Å²) in [5.74, 6) is 0.906. The van der Waals surface area contributed by atoms with Crippen LogP contribution >= 0.6 is 0 Å². The zero-order valence-corrected chi connectivity index (χ0v) is 24.3. The quantitative estimate of drug-likeness (QED) is 0.0729. The van der Waals surface area contributed by atoms with Gasteiger partial charge in [0.2, 0.25) is 0 Å². The predicted octanol–water partition coefficient (Wildman–Crippen LogP) is 3.38. The van der Waals surface area contributed by atoms with Crippen LogP contribution in [0.15, 0.2) is 69.3 Å². The van der Waals surface area contributed by atoms with Crippen LogP contribution in [0.5, 0.6) is 17.2 Å². The molecule has 1 aliphatic rings. The number of methoxy groups -OCH3 is 2. The number of nitrogens with zero attached hydrogens (tertiary/aromatic N) is 2. The largest absolute Gasteiger partial charge is 0.497 e. The van der Waals surface area contributed by atoms with Crippen LogP contribution in [0.1, 0.15) is 31.2 Å². The molecular formula is C29H31N5O10. The normalized spacial score (nSPS) is 15.3. The number of furan rings is 1. The number of hydrogen-bond donors (Lipinski definition) is 4. The van der Waals surface area contributed by atoms with Crippen LogP contribution in [0.25, 0.3) is 11.3 Å². The highest BCUT2D eigenvalue weighted by atomic mass is 16.6. The number of ether oxygens (including phenoxy) is 4. The molecule has 2 aromatic carbocycles. The van der Waals surface area contributed by atoms with Crippen molar-refractivity contribution in [3.8, 4) is 28.6 Å². The van der Waals surface area contributed by atoms with Crippen molar-refractivity contribution in [3.63, 3.8) is 0 Å². The Hall–Kier alpha value is -5.57. The number of rotatable bonds is 13. The van der Waals surface area contributed by atoms with Gasteiger partial charge in [0.05, 0.1) is 55.2 Å². The van der Waals surface area contributed by atoms with Crippen LogP contribution < -0.4 is 30.3 Å². The fourth-order valence-electron chi connectivity index (χ4n) is 4.37. The molecule has 232 valence electrons. The minimum Gasteiger partial charge on any atom is -0.497 e. The number of urea groups is 1. The van der Waals surface area contributed by atoms with E-state index in [0.29, 0.717) is 35.1 Å². The van der Waals surface area contributed by atoms with Gasteiger partial charge < -0.3 is 39.1 Å². The van der Waals surface area contributed by atoms with Gasteiger partial charge in [0.1, 0.15) is 23.9 Å². The number of hydrogen-bond acceptors (Lipinski definition) is 12. The third-order valence-corrected chi connectivity index (χ3v) is 6.38. The summed E-state index contributed by atoms with van der Waals surface area (Å²) in [5.41, 5.74) is 3.76. The van der Waals surface area contributed by atoms with E-state index >= 15 is 0 Å². The van der Waals surface area contributed by atoms with E-state index in [2.05, 4.69) is 21.2 Å². The number of hydrazone groups is 1. The summed E-state index contributed by atoms with van der Waals surface area (Å²) < 4.78 is 27.1. The number of allylic oxidation sites excluding steroid dienone is 1. The lowest BCUT2D eigenvalue weighted by Gasteiger charge is -2.28. The van der Waals surface area contributed by atoms with Gasteiger partial charge in [-0.05, 0) is 55.8 Å². The first-order valence-corrected chi connectivity index (χ1v) is 13.3. The van der Waals surface area contributed by atoms with Gasteiger partial charge in [-0.3, -0.25) is 15.5 Å². The van der Waals surface area contributed by atoms with Gasteiger partial charge in [-0.25, -0.2) is 9.59 Å². The van der Waals surface area contributed by atoms with Crippen molar-refractivity contribution < 1.29 is 43.0 Å². The Labute approximate surface area is 251 Å². The summed E-state index contributed by atoms with van der Waals surface area (Å²) in [4.78, 5) is 35.5. The second kappa shape index (κ2) is 14.1. The molecule has 0 saturated carbocycles. The number of carbonyl (C=O) groups is 2. The van der Waals surface area contributed by atoms with E-state index < -0.39 is 29.2 Å². The molecule has 2 amide bonds. The molecule has 0 saturated heterocycles. The zero-order valence-electron chi connectivity index (χ0n) is 24.3. The maximum atomic E-state index is 12.4. The minimum atomic E-state index is -1.24. The molecule has 15 heteroatoms. The monoisotopic (exact) mass is 609 g/mol. The maximum absolute atomic E-state index is 12.4. The van der Waals surface area contributed by atoms with Crippen molar-refractivity contribution in [2.75, 3.05) is 27.4 Å². The Morgan fingerprint density at radius 3 is 2.68 bits per heavy atom. The fourth-order valence-corrected chi connectivity index (χ4v) is 4.37. The molecule has 44 heavy (non-hydrogen) atoms. The molecule has 0 spiro atoms. The first-order chi connectivity index (χ1) is 21.1. The van der Waals surface area contributed by atoms with Crippen LogP contribution in [0.4, 0.5) is 10.5 Å². The van der Waals surface area contributed by atoms with Crippen LogP contribution in [0.3, 0.4) is 0 Å². The predicted molar refractivity (Wildman–Crippen MR) is 156 cm³/mol. The number of carbonyl (C=O) groups excluding carboxylic acids is 2. The average Bonchev–Trinajstić information content (AvgIpc) is 3.48. The topological polar surface area (TPSA) is 196 Å². The molecule has 0 radical (unpaired) electrons. The minimum absolute atomic E-state index is 0.177. The summed E-state index contributed by atoms with van der Waals surface area (Å²) >= 11 is 0. The third kappa shape index (κ3) is 7.25. The highest BCUT2D eigenvalue weighted by Gasteiger charge is 2.32. The molecule has 2 atom stereocenters. The van der Waals surface area contributed by atoms with E-state index in [4.69, 9.17) is 23.4 Å². The first kappa shape index (κ1) is 31.4. The fraction of sp³-hybridized carbons (Fsp3) is 0.276. The number of amides is 2. The van der Waals surface area contributed by atoms with Crippen molar-refractivity contribution in [1.29, 1.82) is 0 Å². The maximum Gasteiger partial charge on any atom is 0.337 e. The van der Waals surface area contributed by atoms with Gasteiger partial charge in [-0.1, -0.05) is 6.07 Å². The number of nitrogens with one attached hydrogen (secondary N) is 3. The molecule has 0 unspecified atom stereocenters. The molecule has 1 aliphatic heterocycles. The average molecular weight is 610 g/mol. The number of aliphatic hydroxyl groups is 1. The van der Waals surface area contributed by atoms with Gasteiger partial charge >= 0.3 is 12.0 Å². The van der Waals surface area contributed by atoms with E-state index in [1.807, 2.05) is 0 Å². The molecule has 0 aliphatic carbocycles. The molecule has 3 aromatic rings. The molecule has 2 heterocycles.